The lowest BCUT2D eigenvalue weighted by atomic mass is 9.99. The van der Waals surface area contributed by atoms with E-state index < -0.39 is 0 Å². The van der Waals surface area contributed by atoms with Gasteiger partial charge in [-0.2, -0.15) is 0 Å². The number of anilines is 3. The minimum Gasteiger partial charge on any atom is -0.311 e. The van der Waals surface area contributed by atoms with Gasteiger partial charge in [-0.25, -0.2) is 0 Å². The number of thiophene rings is 1. The summed E-state index contributed by atoms with van der Waals surface area (Å²) in [7, 11) is 0. The zero-order chi connectivity index (χ0) is 41.7. The van der Waals surface area contributed by atoms with Gasteiger partial charge in [-0.1, -0.05) is 176 Å². The summed E-state index contributed by atoms with van der Waals surface area (Å²) in [6, 6.07) is 88.1. The van der Waals surface area contributed by atoms with Gasteiger partial charge in [0.15, 0.2) is 0 Å². The zero-order valence-electron chi connectivity index (χ0n) is 34.4. The van der Waals surface area contributed by atoms with Crippen LogP contribution >= 0.6 is 11.3 Å². The lowest BCUT2D eigenvalue weighted by Gasteiger charge is -2.26. The second-order valence-corrected chi connectivity index (χ2v) is 17.1. The predicted octanol–water partition coefficient (Wildman–Crippen LogP) is 17.3. The first-order valence-electron chi connectivity index (χ1n) is 21.5. The molecule has 0 amide bonds. The molecule has 0 unspecified atom stereocenters. The second-order valence-electron chi connectivity index (χ2n) is 16.1. The molecule has 2 heterocycles. The maximum absolute atomic E-state index is 2.39. The Bertz CT molecular complexity index is 3490. The summed E-state index contributed by atoms with van der Waals surface area (Å²) < 4.78 is 5.00. The molecule has 0 aliphatic rings. The van der Waals surface area contributed by atoms with Crippen LogP contribution in [0.15, 0.2) is 243 Å². The molecule has 0 N–H and O–H groups in total. The van der Waals surface area contributed by atoms with Crippen LogP contribution in [0.3, 0.4) is 0 Å². The summed E-state index contributed by atoms with van der Waals surface area (Å²) >= 11 is 1.90. The number of benzene rings is 10. The fraction of sp³-hybridized carbons (Fsp3) is 0. The van der Waals surface area contributed by atoms with Crippen molar-refractivity contribution in [2.24, 2.45) is 0 Å². The third-order valence-corrected chi connectivity index (χ3v) is 13.7. The highest BCUT2D eigenvalue weighted by atomic mass is 32.1. The van der Waals surface area contributed by atoms with Gasteiger partial charge in [0.05, 0.1) is 11.0 Å². The van der Waals surface area contributed by atoms with Crippen LogP contribution in [0.5, 0.6) is 0 Å². The molecular weight excluding hydrogens is 781 g/mol. The maximum atomic E-state index is 2.39. The van der Waals surface area contributed by atoms with E-state index in [-0.39, 0.29) is 0 Å². The van der Waals surface area contributed by atoms with Gasteiger partial charge in [-0.05, 0) is 111 Å². The Labute approximate surface area is 370 Å². The first kappa shape index (κ1) is 36.8. The van der Waals surface area contributed by atoms with Crippen LogP contribution in [0.1, 0.15) is 0 Å². The van der Waals surface area contributed by atoms with E-state index >= 15 is 0 Å². The number of hydrogen-bond donors (Lipinski definition) is 0. The number of hydrogen-bond acceptors (Lipinski definition) is 2. The fourth-order valence-corrected chi connectivity index (χ4v) is 10.7. The number of nitrogens with zero attached hydrogens (tertiary/aromatic N) is 2. The monoisotopic (exact) mass is 820 g/mol. The third-order valence-electron chi connectivity index (χ3n) is 12.4. The van der Waals surface area contributed by atoms with Crippen molar-refractivity contribution in [1.29, 1.82) is 0 Å². The van der Waals surface area contributed by atoms with E-state index in [4.69, 9.17) is 0 Å². The van der Waals surface area contributed by atoms with Crippen molar-refractivity contribution in [3.05, 3.63) is 243 Å². The van der Waals surface area contributed by atoms with Crippen molar-refractivity contribution < 1.29 is 0 Å². The number of aromatic nitrogens is 1. The molecule has 0 radical (unpaired) electrons. The van der Waals surface area contributed by atoms with Crippen molar-refractivity contribution in [3.63, 3.8) is 0 Å². The van der Waals surface area contributed by atoms with Crippen LogP contribution < -0.4 is 4.90 Å². The molecule has 0 saturated carbocycles. The van der Waals surface area contributed by atoms with E-state index in [9.17, 15) is 0 Å². The summed E-state index contributed by atoms with van der Waals surface area (Å²) in [5.41, 5.74) is 16.7. The van der Waals surface area contributed by atoms with E-state index in [2.05, 4.69) is 252 Å². The van der Waals surface area contributed by atoms with Crippen molar-refractivity contribution in [1.82, 2.24) is 4.57 Å². The van der Waals surface area contributed by atoms with Gasteiger partial charge in [0.2, 0.25) is 0 Å². The van der Waals surface area contributed by atoms with Crippen molar-refractivity contribution in [2.75, 3.05) is 4.90 Å². The Balaban J connectivity index is 0.932. The van der Waals surface area contributed by atoms with Gasteiger partial charge < -0.3 is 9.47 Å². The van der Waals surface area contributed by atoms with Gasteiger partial charge in [-0.3, -0.25) is 0 Å². The van der Waals surface area contributed by atoms with Crippen LogP contribution in [-0.2, 0) is 0 Å². The summed E-state index contributed by atoms with van der Waals surface area (Å²) in [4.78, 5) is 2.35. The van der Waals surface area contributed by atoms with Crippen molar-refractivity contribution in [2.45, 2.75) is 0 Å². The predicted molar refractivity (Wildman–Crippen MR) is 270 cm³/mol. The minimum atomic E-state index is 1.11. The largest absolute Gasteiger partial charge is 0.311 e. The van der Waals surface area contributed by atoms with Gasteiger partial charge in [0, 0.05) is 53.7 Å². The van der Waals surface area contributed by atoms with Crippen LogP contribution in [0.4, 0.5) is 17.1 Å². The van der Waals surface area contributed by atoms with Gasteiger partial charge in [0.25, 0.3) is 0 Å². The molecule has 10 aromatic carbocycles. The van der Waals surface area contributed by atoms with Crippen LogP contribution in [0.2, 0.25) is 0 Å². The molecule has 0 spiro atoms. The number of fused-ring (bicyclic) bond motifs is 6. The Morgan fingerprint density at radius 3 is 1.25 bits per heavy atom. The first-order chi connectivity index (χ1) is 31.2. The Hall–Kier alpha value is -7.98. The molecule has 0 fully saturated rings. The van der Waals surface area contributed by atoms with Gasteiger partial charge in [0.1, 0.15) is 0 Å². The zero-order valence-corrected chi connectivity index (χ0v) is 35.2. The van der Waals surface area contributed by atoms with Crippen molar-refractivity contribution in [3.8, 4) is 50.2 Å². The number of rotatable bonds is 8. The molecule has 0 saturated heterocycles. The molecular formula is C60H40N2S. The highest BCUT2D eigenvalue weighted by Crippen LogP contribution is 2.46. The van der Waals surface area contributed by atoms with Crippen LogP contribution in [0, 0.1) is 0 Å². The molecule has 2 nitrogen and oxygen atoms in total. The number of para-hydroxylation sites is 2. The molecule has 63 heavy (non-hydrogen) atoms. The highest BCUT2D eigenvalue weighted by Gasteiger charge is 2.18. The van der Waals surface area contributed by atoms with Gasteiger partial charge >= 0.3 is 0 Å². The molecule has 0 atom stereocenters. The van der Waals surface area contributed by atoms with Crippen LogP contribution in [-0.4, -0.2) is 4.57 Å². The minimum absolute atomic E-state index is 1.11. The fourth-order valence-electron chi connectivity index (χ4n) is 9.37. The van der Waals surface area contributed by atoms with E-state index in [1.165, 1.54) is 92.2 Å². The van der Waals surface area contributed by atoms with Crippen LogP contribution in [0.25, 0.3) is 92.2 Å². The molecule has 0 bridgehead atoms. The lowest BCUT2D eigenvalue weighted by Crippen LogP contribution is -2.09. The third kappa shape index (κ3) is 6.50. The molecule has 0 aliphatic carbocycles. The Morgan fingerprint density at radius 2 is 0.698 bits per heavy atom. The van der Waals surface area contributed by atoms with E-state index in [1.54, 1.807) is 0 Å². The normalized spacial score (nSPS) is 11.5. The summed E-state index contributed by atoms with van der Waals surface area (Å²) in [5, 5.41) is 5.11. The SMILES string of the molecule is c1ccc(-c2ccc(N(c3ccc(-c4ccccc4)cc3)c3ccc(-c4cccc5c4sc4c(-c6ccc7c(c6)c6ccccc6n7-c6ccccc6)cccc45)cc3)cc2)cc1. The molecule has 3 heteroatoms. The Morgan fingerprint density at radius 1 is 0.286 bits per heavy atom. The van der Waals surface area contributed by atoms with Gasteiger partial charge in [-0.15, -0.1) is 11.3 Å². The average molecular weight is 821 g/mol. The Kier molecular flexibility index (Phi) is 9.06. The van der Waals surface area contributed by atoms with E-state index in [1.807, 2.05) is 11.3 Å². The molecule has 296 valence electrons. The summed E-state index contributed by atoms with van der Waals surface area (Å²) in [6.07, 6.45) is 0. The first-order valence-corrected chi connectivity index (χ1v) is 22.3. The highest BCUT2D eigenvalue weighted by molar-refractivity contribution is 7.26. The standard InChI is InChI=1S/C60H40N2S/c1-4-14-41(15-5-1)43-26-33-48(34-27-43)61(49-35-28-44(29-36-49)42-16-6-2-7-17-42)50-37-30-45(31-38-50)51-21-12-23-54-55-24-13-22-52(60(55)63-59(51)54)46-32-39-58-56(40-46)53-20-10-11-25-57(53)62(58)47-18-8-3-9-19-47/h1-40H. The molecule has 0 aliphatic heterocycles. The average Bonchev–Trinajstić information content (AvgIpc) is 3.91. The van der Waals surface area contributed by atoms with Crippen molar-refractivity contribution >= 4 is 70.4 Å². The maximum Gasteiger partial charge on any atom is 0.0541 e. The lowest BCUT2D eigenvalue weighted by molar-refractivity contribution is 1.18. The van der Waals surface area contributed by atoms with E-state index in [0.717, 1.165) is 17.1 Å². The second kappa shape index (κ2) is 15.5. The molecule has 2 aromatic heterocycles. The van der Waals surface area contributed by atoms with E-state index in [0.29, 0.717) is 0 Å². The summed E-state index contributed by atoms with van der Waals surface area (Å²) in [5.74, 6) is 0. The summed E-state index contributed by atoms with van der Waals surface area (Å²) in [6.45, 7) is 0. The quantitative estimate of drug-likeness (QED) is 0.148. The smallest absolute Gasteiger partial charge is 0.0541 e. The molecule has 12 rings (SSSR count). The topological polar surface area (TPSA) is 8.17 Å². The molecule has 12 aromatic rings.